The second kappa shape index (κ2) is 5.69. The van der Waals surface area contributed by atoms with E-state index in [1.165, 1.54) is 12.5 Å². The number of benzene rings is 1. The van der Waals surface area contributed by atoms with E-state index in [0.717, 1.165) is 39.7 Å². The molecule has 0 unspecified atom stereocenters. The highest BCUT2D eigenvalue weighted by atomic mass is 127. The van der Waals surface area contributed by atoms with E-state index in [2.05, 4.69) is 22.6 Å². The van der Waals surface area contributed by atoms with Crippen LogP contribution in [0.4, 0.5) is 0 Å². The van der Waals surface area contributed by atoms with E-state index in [0.29, 0.717) is 5.75 Å². The SMILES string of the molecule is CC(=O)Oc1c(C)c(C)c2c(c1C)C[C@@H](CCI)O2. The molecule has 19 heavy (non-hydrogen) atoms. The van der Waals surface area contributed by atoms with Crippen LogP contribution < -0.4 is 9.47 Å². The zero-order valence-electron chi connectivity index (χ0n) is 11.8. The van der Waals surface area contributed by atoms with Crippen molar-refractivity contribution in [3.05, 3.63) is 22.3 Å². The van der Waals surface area contributed by atoms with Crippen molar-refractivity contribution in [1.29, 1.82) is 0 Å². The fourth-order valence-corrected chi connectivity index (χ4v) is 3.27. The van der Waals surface area contributed by atoms with Crippen molar-refractivity contribution in [2.45, 2.75) is 46.6 Å². The Hall–Kier alpha value is -0.780. The van der Waals surface area contributed by atoms with E-state index in [9.17, 15) is 4.79 Å². The molecule has 0 aromatic heterocycles. The Morgan fingerprint density at radius 3 is 2.58 bits per heavy atom. The molecule has 1 aliphatic rings. The number of fused-ring (bicyclic) bond motifs is 1. The fourth-order valence-electron chi connectivity index (χ4n) is 2.58. The average molecular weight is 374 g/mol. The number of rotatable bonds is 3. The molecular formula is C15H19IO3. The van der Waals surface area contributed by atoms with Crippen molar-refractivity contribution in [2.24, 2.45) is 0 Å². The van der Waals surface area contributed by atoms with Gasteiger partial charge in [-0.2, -0.15) is 0 Å². The molecule has 0 aliphatic carbocycles. The summed E-state index contributed by atoms with van der Waals surface area (Å²) in [6.45, 7) is 7.47. The summed E-state index contributed by atoms with van der Waals surface area (Å²) >= 11 is 2.37. The van der Waals surface area contributed by atoms with Crippen molar-refractivity contribution in [3.8, 4) is 11.5 Å². The molecule has 1 aromatic rings. The fraction of sp³-hybridized carbons (Fsp3) is 0.533. The van der Waals surface area contributed by atoms with Crippen LogP contribution in [0.15, 0.2) is 0 Å². The van der Waals surface area contributed by atoms with Crippen molar-refractivity contribution >= 4 is 28.6 Å². The molecule has 0 spiro atoms. The Kier molecular flexibility index (Phi) is 4.38. The lowest BCUT2D eigenvalue weighted by Crippen LogP contribution is -2.13. The second-order valence-electron chi connectivity index (χ2n) is 5.03. The number of hydrogen-bond donors (Lipinski definition) is 0. The first-order chi connectivity index (χ1) is 8.95. The number of hydrogen-bond acceptors (Lipinski definition) is 3. The van der Waals surface area contributed by atoms with Gasteiger partial charge < -0.3 is 9.47 Å². The van der Waals surface area contributed by atoms with E-state index < -0.39 is 0 Å². The molecule has 1 heterocycles. The number of carbonyl (C=O) groups excluding carboxylic acids is 1. The first-order valence-electron chi connectivity index (χ1n) is 6.49. The summed E-state index contributed by atoms with van der Waals surface area (Å²) in [5.41, 5.74) is 4.34. The van der Waals surface area contributed by atoms with Gasteiger partial charge in [-0.3, -0.25) is 4.79 Å². The summed E-state index contributed by atoms with van der Waals surface area (Å²) in [7, 11) is 0. The van der Waals surface area contributed by atoms with E-state index in [4.69, 9.17) is 9.47 Å². The Bertz CT molecular complexity index is 523. The third kappa shape index (κ3) is 2.73. The Morgan fingerprint density at radius 2 is 2.00 bits per heavy atom. The number of ether oxygens (including phenoxy) is 2. The number of halogens is 1. The maximum absolute atomic E-state index is 11.2. The van der Waals surface area contributed by atoms with Gasteiger partial charge in [0.15, 0.2) is 0 Å². The van der Waals surface area contributed by atoms with Crippen LogP contribution in [0, 0.1) is 20.8 Å². The van der Waals surface area contributed by atoms with Crippen LogP contribution in [0.25, 0.3) is 0 Å². The summed E-state index contributed by atoms with van der Waals surface area (Å²) in [5.74, 6) is 1.44. The smallest absolute Gasteiger partial charge is 0.308 e. The van der Waals surface area contributed by atoms with Gasteiger partial charge in [-0.25, -0.2) is 0 Å². The van der Waals surface area contributed by atoms with E-state index in [1.807, 2.05) is 20.8 Å². The monoisotopic (exact) mass is 374 g/mol. The third-order valence-corrected chi connectivity index (χ3v) is 4.33. The summed E-state index contributed by atoms with van der Waals surface area (Å²) in [5, 5.41) is 0. The Balaban J connectivity index is 2.46. The number of esters is 1. The largest absolute Gasteiger partial charge is 0.489 e. The number of carbonyl (C=O) groups is 1. The van der Waals surface area contributed by atoms with Crippen molar-refractivity contribution < 1.29 is 14.3 Å². The standard InChI is InChI=1S/C15H19IO3/c1-8-9(2)15-13(7-12(19-15)5-6-16)10(3)14(8)18-11(4)17/h12H,5-7H2,1-4H3/t12-/m1/s1. The minimum atomic E-state index is -0.270. The predicted octanol–water partition coefficient (Wildman–Crippen LogP) is 3.67. The topological polar surface area (TPSA) is 35.5 Å². The minimum absolute atomic E-state index is 0.260. The molecular weight excluding hydrogens is 355 g/mol. The molecule has 3 nitrogen and oxygen atoms in total. The average Bonchev–Trinajstić information content (AvgIpc) is 2.76. The van der Waals surface area contributed by atoms with Gasteiger partial charge in [0.25, 0.3) is 0 Å². The van der Waals surface area contributed by atoms with Gasteiger partial charge >= 0.3 is 5.97 Å². The highest BCUT2D eigenvalue weighted by molar-refractivity contribution is 14.1. The van der Waals surface area contributed by atoms with Gasteiger partial charge in [0.2, 0.25) is 0 Å². The van der Waals surface area contributed by atoms with E-state index in [-0.39, 0.29) is 12.1 Å². The molecule has 0 fully saturated rings. The molecule has 1 aliphatic heterocycles. The molecule has 0 radical (unpaired) electrons. The Labute approximate surface area is 127 Å². The molecule has 0 saturated carbocycles. The first kappa shape index (κ1) is 14.6. The number of alkyl halides is 1. The van der Waals surface area contributed by atoms with Crippen LogP contribution in [-0.2, 0) is 11.2 Å². The first-order valence-corrected chi connectivity index (χ1v) is 8.02. The zero-order valence-corrected chi connectivity index (χ0v) is 14.0. The van der Waals surface area contributed by atoms with Gasteiger partial charge in [-0.1, -0.05) is 22.6 Å². The van der Waals surface area contributed by atoms with E-state index >= 15 is 0 Å². The van der Waals surface area contributed by atoms with Crippen LogP contribution in [0.1, 0.15) is 35.6 Å². The van der Waals surface area contributed by atoms with Crippen LogP contribution in [0.3, 0.4) is 0 Å². The minimum Gasteiger partial charge on any atom is -0.489 e. The lowest BCUT2D eigenvalue weighted by atomic mass is 9.95. The van der Waals surface area contributed by atoms with Gasteiger partial charge in [0.1, 0.15) is 17.6 Å². The van der Waals surface area contributed by atoms with Crippen LogP contribution >= 0.6 is 22.6 Å². The maximum atomic E-state index is 11.2. The van der Waals surface area contributed by atoms with E-state index in [1.54, 1.807) is 0 Å². The van der Waals surface area contributed by atoms with Crippen molar-refractivity contribution in [1.82, 2.24) is 0 Å². The van der Waals surface area contributed by atoms with Gasteiger partial charge in [0, 0.05) is 23.3 Å². The summed E-state index contributed by atoms with van der Waals surface area (Å²) in [6, 6.07) is 0. The summed E-state index contributed by atoms with van der Waals surface area (Å²) in [4.78, 5) is 11.2. The molecule has 0 saturated heterocycles. The van der Waals surface area contributed by atoms with Crippen LogP contribution in [0.5, 0.6) is 11.5 Å². The predicted molar refractivity (Wildman–Crippen MR) is 83.6 cm³/mol. The highest BCUT2D eigenvalue weighted by Gasteiger charge is 2.29. The molecule has 104 valence electrons. The molecule has 1 atom stereocenters. The van der Waals surface area contributed by atoms with Crippen LogP contribution in [-0.4, -0.2) is 16.5 Å². The molecule has 4 heteroatoms. The van der Waals surface area contributed by atoms with Crippen molar-refractivity contribution in [2.75, 3.05) is 4.43 Å². The van der Waals surface area contributed by atoms with Gasteiger partial charge in [0.05, 0.1) is 0 Å². The quantitative estimate of drug-likeness (QED) is 0.351. The van der Waals surface area contributed by atoms with Gasteiger partial charge in [-0.15, -0.1) is 0 Å². The maximum Gasteiger partial charge on any atom is 0.308 e. The van der Waals surface area contributed by atoms with Gasteiger partial charge in [-0.05, 0) is 43.9 Å². The summed E-state index contributed by atoms with van der Waals surface area (Å²) in [6.07, 6.45) is 2.23. The Morgan fingerprint density at radius 1 is 1.32 bits per heavy atom. The normalized spacial score (nSPS) is 17.0. The molecule has 0 amide bonds. The lowest BCUT2D eigenvalue weighted by molar-refractivity contribution is -0.131. The third-order valence-electron chi connectivity index (χ3n) is 3.70. The van der Waals surface area contributed by atoms with Crippen LogP contribution in [0.2, 0.25) is 0 Å². The lowest BCUT2D eigenvalue weighted by Gasteiger charge is -2.16. The molecule has 2 rings (SSSR count). The molecule has 0 N–H and O–H groups in total. The zero-order chi connectivity index (χ0) is 14.2. The van der Waals surface area contributed by atoms with Crippen molar-refractivity contribution in [3.63, 3.8) is 0 Å². The second-order valence-corrected chi connectivity index (χ2v) is 6.11. The molecule has 1 aromatic carbocycles. The highest BCUT2D eigenvalue weighted by Crippen LogP contribution is 2.42. The summed E-state index contributed by atoms with van der Waals surface area (Å²) < 4.78 is 12.5. The molecule has 0 bridgehead atoms.